The molecular formula is C31H20Cl2N4O6. The summed E-state index contributed by atoms with van der Waals surface area (Å²) in [6.45, 7) is 0.0476. The molecule has 4 aromatic carbocycles. The second kappa shape index (κ2) is 11.6. The first-order chi connectivity index (χ1) is 20.8. The van der Waals surface area contributed by atoms with Gasteiger partial charge < -0.3 is 13.9 Å². The summed E-state index contributed by atoms with van der Waals surface area (Å²) in [5, 5.41) is 18.6. The van der Waals surface area contributed by atoms with Gasteiger partial charge in [-0.05, 0) is 60.2 Å². The zero-order chi connectivity index (χ0) is 30.1. The molecule has 0 amide bonds. The molecule has 43 heavy (non-hydrogen) atoms. The van der Waals surface area contributed by atoms with E-state index in [4.69, 9.17) is 37.1 Å². The second-order valence-corrected chi connectivity index (χ2v) is 10.2. The Morgan fingerprint density at radius 2 is 1.79 bits per heavy atom. The first-order valence-corrected chi connectivity index (χ1v) is 13.6. The molecule has 6 rings (SSSR count). The Morgan fingerprint density at radius 1 is 1.02 bits per heavy atom. The van der Waals surface area contributed by atoms with Crippen molar-refractivity contribution in [2.75, 3.05) is 7.11 Å². The largest absolute Gasteiger partial charge is 0.493 e. The smallest absolute Gasteiger partial charge is 0.315 e. The average molecular weight is 615 g/mol. The van der Waals surface area contributed by atoms with E-state index in [0.29, 0.717) is 26.5 Å². The number of methoxy groups -OCH3 is 1. The van der Waals surface area contributed by atoms with Gasteiger partial charge in [-0.3, -0.25) is 14.9 Å². The van der Waals surface area contributed by atoms with E-state index in [9.17, 15) is 14.9 Å². The summed E-state index contributed by atoms with van der Waals surface area (Å²) in [6, 6.07) is 23.4. The molecule has 0 spiro atoms. The summed E-state index contributed by atoms with van der Waals surface area (Å²) in [5.41, 5.74) is 1.24. The summed E-state index contributed by atoms with van der Waals surface area (Å²) < 4.78 is 18.3. The van der Waals surface area contributed by atoms with Crippen molar-refractivity contribution in [2.24, 2.45) is 5.10 Å². The Kier molecular flexibility index (Phi) is 7.54. The van der Waals surface area contributed by atoms with E-state index in [1.165, 1.54) is 25.5 Å². The van der Waals surface area contributed by atoms with Crippen LogP contribution in [0.3, 0.4) is 0 Å². The highest BCUT2D eigenvalue weighted by Crippen LogP contribution is 2.38. The molecule has 10 nitrogen and oxygen atoms in total. The number of fused-ring (bicyclic) bond motifs is 2. The quantitative estimate of drug-likeness (QED) is 0.0988. The fourth-order valence-electron chi connectivity index (χ4n) is 4.49. The molecule has 0 bridgehead atoms. The monoisotopic (exact) mass is 614 g/mol. The molecule has 0 aliphatic rings. The number of nitro groups is 1. The molecule has 6 aromatic rings. The summed E-state index contributed by atoms with van der Waals surface area (Å²) in [4.78, 5) is 29.7. The van der Waals surface area contributed by atoms with Crippen LogP contribution < -0.4 is 15.0 Å². The van der Waals surface area contributed by atoms with Crippen LogP contribution in [0.25, 0.3) is 33.5 Å². The van der Waals surface area contributed by atoms with E-state index in [1.54, 1.807) is 72.8 Å². The molecule has 0 aliphatic heterocycles. The Balaban J connectivity index is 1.43. The maximum absolute atomic E-state index is 13.6. The zero-order valence-electron chi connectivity index (χ0n) is 22.4. The van der Waals surface area contributed by atoms with E-state index in [1.807, 2.05) is 0 Å². The highest BCUT2D eigenvalue weighted by atomic mass is 35.5. The number of ether oxygens (including phenoxy) is 2. The molecule has 214 valence electrons. The Labute approximate surface area is 253 Å². The number of furan rings is 1. The van der Waals surface area contributed by atoms with Crippen LogP contribution in [0.5, 0.6) is 11.5 Å². The van der Waals surface area contributed by atoms with Crippen molar-refractivity contribution in [3.05, 3.63) is 127 Å². The highest BCUT2D eigenvalue weighted by Gasteiger charge is 2.23. The maximum atomic E-state index is 13.6. The van der Waals surface area contributed by atoms with Crippen LogP contribution >= 0.6 is 23.2 Å². The van der Waals surface area contributed by atoms with Crippen molar-refractivity contribution in [2.45, 2.75) is 6.61 Å². The van der Waals surface area contributed by atoms with Crippen molar-refractivity contribution in [1.82, 2.24) is 9.66 Å². The number of nitro benzene ring substituents is 1. The van der Waals surface area contributed by atoms with Gasteiger partial charge in [-0.25, -0.2) is 4.98 Å². The lowest BCUT2D eigenvalue weighted by Gasteiger charge is -2.12. The number of hydrogen-bond donors (Lipinski definition) is 0. The van der Waals surface area contributed by atoms with Crippen molar-refractivity contribution in [1.29, 1.82) is 0 Å². The summed E-state index contributed by atoms with van der Waals surface area (Å²) in [5.74, 6) is 0.484. The topological polar surface area (TPSA) is 122 Å². The SMILES string of the molecule is COc1cc(C=Nn2c(-c3cc4cc(Cl)ccc4o3)nc3ccccc3c2=O)cc([N+](=O)[O-])c1OCc1ccc(Cl)cc1. The lowest BCUT2D eigenvalue weighted by Crippen LogP contribution is -2.20. The van der Waals surface area contributed by atoms with Crippen LogP contribution in [-0.4, -0.2) is 27.9 Å². The maximum Gasteiger partial charge on any atom is 0.315 e. The van der Waals surface area contributed by atoms with Crippen LogP contribution in [0.1, 0.15) is 11.1 Å². The molecule has 2 heterocycles. The van der Waals surface area contributed by atoms with Crippen LogP contribution in [0.15, 0.2) is 99.2 Å². The summed E-state index contributed by atoms with van der Waals surface area (Å²) in [7, 11) is 1.37. The molecule has 12 heteroatoms. The number of benzene rings is 4. The van der Waals surface area contributed by atoms with Gasteiger partial charge in [0.15, 0.2) is 11.5 Å². The molecule has 0 fully saturated rings. The molecule has 0 radical (unpaired) electrons. The lowest BCUT2D eigenvalue weighted by atomic mass is 10.1. The highest BCUT2D eigenvalue weighted by molar-refractivity contribution is 6.31. The van der Waals surface area contributed by atoms with Gasteiger partial charge in [0.2, 0.25) is 11.6 Å². The van der Waals surface area contributed by atoms with Gasteiger partial charge in [0.1, 0.15) is 12.2 Å². The normalized spacial score (nSPS) is 11.4. The van der Waals surface area contributed by atoms with E-state index in [0.717, 1.165) is 15.6 Å². The van der Waals surface area contributed by atoms with Crippen molar-refractivity contribution < 1.29 is 18.8 Å². The number of rotatable bonds is 8. The Morgan fingerprint density at radius 3 is 2.56 bits per heavy atom. The van der Waals surface area contributed by atoms with Gasteiger partial charge in [0.25, 0.3) is 5.56 Å². The fraction of sp³-hybridized carbons (Fsp3) is 0.0645. The Hall–Kier alpha value is -5.19. The number of nitrogens with zero attached hydrogens (tertiary/aromatic N) is 4. The number of aromatic nitrogens is 2. The first-order valence-electron chi connectivity index (χ1n) is 12.8. The molecule has 0 unspecified atom stereocenters. The van der Waals surface area contributed by atoms with E-state index >= 15 is 0 Å². The van der Waals surface area contributed by atoms with Gasteiger partial charge in [-0.1, -0.05) is 47.5 Å². The van der Waals surface area contributed by atoms with Gasteiger partial charge in [-0.2, -0.15) is 9.78 Å². The molecule has 0 atom stereocenters. The molecule has 0 aliphatic carbocycles. The van der Waals surface area contributed by atoms with Crippen molar-refractivity contribution >= 4 is 57.0 Å². The van der Waals surface area contributed by atoms with Crippen LogP contribution in [0.2, 0.25) is 10.0 Å². The van der Waals surface area contributed by atoms with Gasteiger partial charge in [0.05, 0.1) is 29.2 Å². The van der Waals surface area contributed by atoms with Gasteiger partial charge in [0, 0.05) is 27.1 Å². The molecule has 0 saturated heterocycles. The Bertz CT molecular complexity index is 2100. The van der Waals surface area contributed by atoms with Crippen LogP contribution in [0, 0.1) is 10.1 Å². The third-order valence-electron chi connectivity index (χ3n) is 6.55. The number of halogens is 2. The second-order valence-electron chi connectivity index (χ2n) is 9.35. The van der Waals surface area contributed by atoms with Gasteiger partial charge >= 0.3 is 5.69 Å². The minimum absolute atomic E-state index is 0.0476. The predicted octanol–water partition coefficient (Wildman–Crippen LogP) is 7.49. The number of para-hydroxylation sites is 1. The van der Waals surface area contributed by atoms with Crippen molar-refractivity contribution in [3.63, 3.8) is 0 Å². The minimum atomic E-state index is -0.578. The lowest BCUT2D eigenvalue weighted by molar-refractivity contribution is -0.386. The minimum Gasteiger partial charge on any atom is -0.493 e. The molecule has 2 aromatic heterocycles. The third-order valence-corrected chi connectivity index (χ3v) is 7.03. The first kappa shape index (κ1) is 28.0. The van der Waals surface area contributed by atoms with Gasteiger partial charge in [-0.15, -0.1) is 0 Å². The van der Waals surface area contributed by atoms with Crippen LogP contribution in [0.4, 0.5) is 5.69 Å². The number of hydrogen-bond acceptors (Lipinski definition) is 8. The van der Waals surface area contributed by atoms with E-state index < -0.39 is 10.5 Å². The summed E-state index contributed by atoms with van der Waals surface area (Å²) >= 11 is 12.1. The average Bonchev–Trinajstić information content (AvgIpc) is 3.43. The fourth-order valence-corrected chi connectivity index (χ4v) is 4.80. The van der Waals surface area contributed by atoms with Crippen LogP contribution in [-0.2, 0) is 6.61 Å². The van der Waals surface area contributed by atoms with E-state index in [-0.39, 0.29) is 40.9 Å². The van der Waals surface area contributed by atoms with Crippen molar-refractivity contribution in [3.8, 4) is 23.1 Å². The molecular weight excluding hydrogens is 595 g/mol. The molecule has 0 saturated carbocycles. The zero-order valence-corrected chi connectivity index (χ0v) is 23.9. The molecule has 0 N–H and O–H groups in total. The third kappa shape index (κ3) is 5.66. The predicted molar refractivity (Wildman–Crippen MR) is 165 cm³/mol. The standard InChI is InChI=1S/C31H20Cl2N4O6/c1-41-27-13-19(12-25(37(39)40)29(27)42-17-18-6-8-21(32)9-7-18)16-34-36-30(35-24-5-3-2-4-23(24)31(36)38)28-15-20-14-22(33)10-11-26(20)43-28/h2-16H,17H2,1H3. The summed E-state index contributed by atoms with van der Waals surface area (Å²) in [6.07, 6.45) is 1.30. The van der Waals surface area contributed by atoms with E-state index in [2.05, 4.69) is 10.1 Å².